The number of para-hydroxylation sites is 2. The number of nitrogens with zero attached hydrogens (tertiary/aromatic N) is 3. The van der Waals surface area contributed by atoms with E-state index in [9.17, 15) is 0 Å². The van der Waals surface area contributed by atoms with E-state index in [0.717, 1.165) is 16.6 Å². The predicted octanol–water partition coefficient (Wildman–Crippen LogP) is 2.18. The second-order valence-corrected chi connectivity index (χ2v) is 3.06. The highest BCUT2D eigenvalue weighted by Crippen LogP contribution is 2.12. The van der Waals surface area contributed by atoms with Crippen molar-refractivity contribution >= 4 is 22.2 Å². The van der Waals surface area contributed by atoms with E-state index in [1.807, 2.05) is 36.4 Å². The molecule has 3 heteroatoms. The third kappa shape index (κ3) is 1.03. The summed E-state index contributed by atoms with van der Waals surface area (Å²) < 4.78 is 0. The Morgan fingerprint density at radius 3 is 2.29 bits per heavy atom. The number of pyridine rings is 1. The van der Waals surface area contributed by atoms with Gasteiger partial charge in [-0.15, -0.1) is 0 Å². The van der Waals surface area contributed by atoms with Gasteiger partial charge in [-0.2, -0.15) is 0 Å². The molecule has 0 N–H and O–H groups in total. The van der Waals surface area contributed by atoms with E-state index in [-0.39, 0.29) is 0 Å². The Balaban J connectivity index is 2.52. The van der Waals surface area contributed by atoms with Crippen LogP contribution in [0.15, 0.2) is 42.6 Å². The average molecular weight is 181 g/mol. The van der Waals surface area contributed by atoms with Crippen LogP contribution in [0.1, 0.15) is 0 Å². The number of hydrogen-bond donors (Lipinski definition) is 0. The molecule has 3 nitrogen and oxygen atoms in total. The Hall–Kier alpha value is -2.03. The molecule has 0 aliphatic heterocycles. The molecule has 0 fully saturated rings. The SMILES string of the molecule is c1ccc2nc3ncccc3nc2c1. The van der Waals surface area contributed by atoms with E-state index in [1.165, 1.54) is 0 Å². The van der Waals surface area contributed by atoms with E-state index in [0.29, 0.717) is 5.65 Å². The largest absolute Gasteiger partial charge is 0.243 e. The van der Waals surface area contributed by atoms with E-state index in [1.54, 1.807) is 6.20 Å². The lowest BCUT2D eigenvalue weighted by molar-refractivity contribution is 1.28. The highest BCUT2D eigenvalue weighted by atomic mass is 14.9. The average Bonchev–Trinajstić information content (AvgIpc) is 2.26. The van der Waals surface area contributed by atoms with Crippen LogP contribution in [0, 0.1) is 0 Å². The minimum atomic E-state index is 0.700. The lowest BCUT2D eigenvalue weighted by Crippen LogP contribution is -1.88. The first-order valence-corrected chi connectivity index (χ1v) is 4.41. The van der Waals surface area contributed by atoms with Crippen LogP contribution in [0.5, 0.6) is 0 Å². The van der Waals surface area contributed by atoms with Crippen LogP contribution in [-0.4, -0.2) is 15.0 Å². The number of benzene rings is 1. The van der Waals surface area contributed by atoms with E-state index in [2.05, 4.69) is 15.0 Å². The zero-order valence-corrected chi connectivity index (χ0v) is 7.38. The Labute approximate surface area is 80.5 Å². The molecule has 0 saturated carbocycles. The summed E-state index contributed by atoms with van der Waals surface area (Å²) in [5.74, 6) is 0. The Morgan fingerprint density at radius 1 is 0.714 bits per heavy atom. The zero-order chi connectivity index (χ0) is 9.38. The second kappa shape index (κ2) is 2.73. The summed E-state index contributed by atoms with van der Waals surface area (Å²) in [6.07, 6.45) is 1.73. The molecule has 0 saturated heterocycles. The molecule has 3 rings (SSSR count). The van der Waals surface area contributed by atoms with Gasteiger partial charge in [0.25, 0.3) is 0 Å². The van der Waals surface area contributed by atoms with Crippen LogP contribution in [0.3, 0.4) is 0 Å². The first-order chi connectivity index (χ1) is 6.93. The molecule has 14 heavy (non-hydrogen) atoms. The first-order valence-electron chi connectivity index (χ1n) is 4.41. The smallest absolute Gasteiger partial charge is 0.178 e. The topological polar surface area (TPSA) is 38.7 Å². The maximum atomic E-state index is 4.45. The summed E-state index contributed by atoms with van der Waals surface area (Å²) >= 11 is 0. The van der Waals surface area contributed by atoms with Crippen molar-refractivity contribution in [3.8, 4) is 0 Å². The van der Waals surface area contributed by atoms with Gasteiger partial charge in [0, 0.05) is 6.20 Å². The van der Waals surface area contributed by atoms with Gasteiger partial charge in [0.1, 0.15) is 5.52 Å². The van der Waals surface area contributed by atoms with Crippen LogP contribution >= 0.6 is 0 Å². The fourth-order valence-corrected chi connectivity index (χ4v) is 1.46. The molecule has 0 unspecified atom stereocenters. The Kier molecular flexibility index (Phi) is 1.44. The predicted molar refractivity (Wildman–Crippen MR) is 54.8 cm³/mol. The fourth-order valence-electron chi connectivity index (χ4n) is 1.46. The monoisotopic (exact) mass is 181 g/mol. The van der Waals surface area contributed by atoms with Gasteiger partial charge in [-0.3, -0.25) is 0 Å². The van der Waals surface area contributed by atoms with Crippen molar-refractivity contribution in [3.05, 3.63) is 42.6 Å². The number of rotatable bonds is 0. The second-order valence-electron chi connectivity index (χ2n) is 3.06. The minimum Gasteiger partial charge on any atom is -0.243 e. The zero-order valence-electron chi connectivity index (χ0n) is 7.38. The van der Waals surface area contributed by atoms with Crippen molar-refractivity contribution in [2.75, 3.05) is 0 Å². The molecule has 3 aromatic rings. The highest BCUT2D eigenvalue weighted by Gasteiger charge is 1.99. The summed E-state index contributed by atoms with van der Waals surface area (Å²) in [5.41, 5.74) is 3.34. The maximum absolute atomic E-state index is 4.45. The van der Waals surface area contributed by atoms with Crippen molar-refractivity contribution in [1.82, 2.24) is 15.0 Å². The van der Waals surface area contributed by atoms with Crippen LogP contribution in [0.2, 0.25) is 0 Å². The molecule has 66 valence electrons. The summed E-state index contributed by atoms with van der Waals surface area (Å²) in [6, 6.07) is 11.6. The molecule has 2 aromatic heterocycles. The summed E-state index contributed by atoms with van der Waals surface area (Å²) in [6.45, 7) is 0. The third-order valence-electron chi connectivity index (χ3n) is 2.12. The van der Waals surface area contributed by atoms with Crippen molar-refractivity contribution in [2.45, 2.75) is 0 Å². The molecule has 0 bridgehead atoms. The lowest BCUT2D eigenvalue weighted by Gasteiger charge is -1.98. The normalized spacial score (nSPS) is 10.9. The van der Waals surface area contributed by atoms with E-state index in [4.69, 9.17) is 0 Å². The quantitative estimate of drug-likeness (QED) is 0.499. The molecule has 2 heterocycles. The maximum Gasteiger partial charge on any atom is 0.178 e. The number of fused-ring (bicyclic) bond motifs is 2. The molecular formula is C11H7N3. The van der Waals surface area contributed by atoms with Gasteiger partial charge in [0.15, 0.2) is 5.65 Å². The Morgan fingerprint density at radius 2 is 1.43 bits per heavy atom. The van der Waals surface area contributed by atoms with E-state index < -0.39 is 0 Å². The van der Waals surface area contributed by atoms with Crippen molar-refractivity contribution in [1.29, 1.82) is 0 Å². The van der Waals surface area contributed by atoms with Gasteiger partial charge in [-0.05, 0) is 24.3 Å². The van der Waals surface area contributed by atoms with Crippen LogP contribution in [-0.2, 0) is 0 Å². The summed E-state index contributed by atoms with van der Waals surface area (Å²) in [5, 5.41) is 0. The van der Waals surface area contributed by atoms with Crippen LogP contribution in [0.25, 0.3) is 22.2 Å². The van der Waals surface area contributed by atoms with E-state index >= 15 is 0 Å². The van der Waals surface area contributed by atoms with Crippen molar-refractivity contribution in [2.24, 2.45) is 0 Å². The highest BCUT2D eigenvalue weighted by molar-refractivity contribution is 5.83. The molecule has 0 spiro atoms. The molecule has 0 amide bonds. The molecular weight excluding hydrogens is 174 g/mol. The lowest BCUT2D eigenvalue weighted by atomic mass is 10.3. The standard InChI is InChI=1S/C11H7N3/c1-2-5-9-8(4-1)13-10-6-3-7-12-11(10)14-9/h1-7H. The molecule has 0 atom stereocenters. The molecule has 0 aliphatic carbocycles. The third-order valence-corrected chi connectivity index (χ3v) is 2.12. The minimum absolute atomic E-state index is 0.700. The van der Waals surface area contributed by atoms with Crippen molar-refractivity contribution < 1.29 is 0 Å². The van der Waals surface area contributed by atoms with Gasteiger partial charge >= 0.3 is 0 Å². The molecule has 1 aromatic carbocycles. The van der Waals surface area contributed by atoms with Gasteiger partial charge in [0.2, 0.25) is 0 Å². The van der Waals surface area contributed by atoms with Gasteiger partial charge in [-0.1, -0.05) is 12.1 Å². The fraction of sp³-hybridized carbons (Fsp3) is 0. The number of hydrogen-bond acceptors (Lipinski definition) is 3. The Bertz CT molecular complexity index is 499. The van der Waals surface area contributed by atoms with Gasteiger partial charge in [-0.25, -0.2) is 15.0 Å². The molecule has 0 aliphatic rings. The first kappa shape index (κ1) is 7.38. The van der Waals surface area contributed by atoms with Crippen LogP contribution < -0.4 is 0 Å². The molecule has 0 radical (unpaired) electrons. The summed E-state index contributed by atoms with van der Waals surface area (Å²) in [7, 11) is 0. The number of aromatic nitrogens is 3. The van der Waals surface area contributed by atoms with Gasteiger partial charge in [0.05, 0.1) is 11.0 Å². The van der Waals surface area contributed by atoms with Crippen LogP contribution in [0.4, 0.5) is 0 Å². The van der Waals surface area contributed by atoms with Gasteiger partial charge < -0.3 is 0 Å². The van der Waals surface area contributed by atoms with Crippen molar-refractivity contribution in [3.63, 3.8) is 0 Å². The summed E-state index contributed by atoms with van der Waals surface area (Å²) in [4.78, 5) is 13.0.